The van der Waals surface area contributed by atoms with E-state index in [4.69, 9.17) is 0 Å². The molecule has 3 N–H and O–H groups in total. The SMILES string of the molecule is O=C(NCc1ccncc1)Nc1cccc(CNC(=O)c2cscn2)c1. The fraction of sp³-hybridized carbons (Fsp3) is 0.111. The molecule has 0 unspecified atom stereocenters. The third kappa shape index (κ3) is 5.12. The van der Waals surface area contributed by atoms with Crippen LogP contribution in [0.15, 0.2) is 59.7 Å². The second-order valence-electron chi connectivity index (χ2n) is 5.42. The van der Waals surface area contributed by atoms with Gasteiger partial charge in [0.05, 0.1) is 5.51 Å². The van der Waals surface area contributed by atoms with E-state index < -0.39 is 0 Å². The lowest BCUT2D eigenvalue weighted by molar-refractivity contribution is 0.0946. The maximum absolute atomic E-state index is 12.0. The molecule has 2 heterocycles. The highest BCUT2D eigenvalue weighted by molar-refractivity contribution is 7.07. The summed E-state index contributed by atoms with van der Waals surface area (Å²) in [6.45, 7) is 0.766. The van der Waals surface area contributed by atoms with Gasteiger partial charge >= 0.3 is 6.03 Å². The van der Waals surface area contributed by atoms with Crippen LogP contribution < -0.4 is 16.0 Å². The van der Waals surface area contributed by atoms with Gasteiger partial charge in [-0.15, -0.1) is 11.3 Å². The highest BCUT2D eigenvalue weighted by Crippen LogP contribution is 2.11. The minimum atomic E-state index is -0.300. The minimum absolute atomic E-state index is 0.222. The largest absolute Gasteiger partial charge is 0.347 e. The second kappa shape index (κ2) is 8.72. The Hall–Kier alpha value is -3.26. The van der Waals surface area contributed by atoms with E-state index in [0.29, 0.717) is 24.5 Å². The Balaban J connectivity index is 1.50. The maximum atomic E-state index is 12.0. The van der Waals surface area contributed by atoms with Gasteiger partial charge in [0.2, 0.25) is 0 Å². The zero-order chi connectivity index (χ0) is 18.2. The van der Waals surface area contributed by atoms with E-state index in [1.165, 1.54) is 11.3 Å². The summed E-state index contributed by atoms with van der Waals surface area (Å²) in [7, 11) is 0. The molecule has 3 rings (SSSR count). The summed E-state index contributed by atoms with van der Waals surface area (Å²) in [5, 5.41) is 10.1. The zero-order valence-corrected chi connectivity index (χ0v) is 14.6. The Morgan fingerprint density at radius 2 is 1.81 bits per heavy atom. The number of amides is 3. The molecule has 0 bridgehead atoms. The number of nitrogens with one attached hydrogen (secondary N) is 3. The number of aromatic nitrogens is 2. The van der Waals surface area contributed by atoms with Gasteiger partial charge in [-0.1, -0.05) is 12.1 Å². The van der Waals surface area contributed by atoms with E-state index in [1.54, 1.807) is 29.4 Å². The number of rotatable bonds is 6. The van der Waals surface area contributed by atoms with Gasteiger partial charge < -0.3 is 16.0 Å². The van der Waals surface area contributed by atoms with Crippen LogP contribution in [0.2, 0.25) is 0 Å². The highest BCUT2D eigenvalue weighted by Gasteiger charge is 2.07. The molecule has 0 aliphatic heterocycles. The van der Waals surface area contributed by atoms with Crippen molar-refractivity contribution in [3.8, 4) is 0 Å². The molecule has 0 radical (unpaired) electrons. The topological polar surface area (TPSA) is 96.0 Å². The van der Waals surface area contributed by atoms with Gasteiger partial charge in [0.25, 0.3) is 5.91 Å². The number of benzene rings is 1. The van der Waals surface area contributed by atoms with Gasteiger partial charge in [-0.2, -0.15) is 0 Å². The van der Waals surface area contributed by atoms with Crippen LogP contribution in [0.25, 0.3) is 0 Å². The van der Waals surface area contributed by atoms with Crippen molar-refractivity contribution in [1.29, 1.82) is 0 Å². The third-order valence-corrected chi connectivity index (χ3v) is 4.09. The van der Waals surface area contributed by atoms with E-state index in [2.05, 4.69) is 25.9 Å². The molecule has 132 valence electrons. The quantitative estimate of drug-likeness (QED) is 0.624. The predicted molar refractivity (Wildman–Crippen MR) is 99.8 cm³/mol. The van der Waals surface area contributed by atoms with Crippen LogP contribution in [-0.4, -0.2) is 21.9 Å². The third-order valence-electron chi connectivity index (χ3n) is 3.51. The molecule has 0 spiro atoms. The zero-order valence-electron chi connectivity index (χ0n) is 13.8. The second-order valence-corrected chi connectivity index (χ2v) is 6.14. The minimum Gasteiger partial charge on any atom is -0.347 e. The molecule has 7 nitrogen and oxygen atoms in total. The number of thiazole rings is 1. The van der Waals surface area contributed by atoms with Gasteiger partial charge in [-0.05, 0) is 35.4 Å². The van der Waals surface area contributed by atoms with Gasteiger partial charge in [0.15, 0.2) is 0 Å². The molecule has 3 amide bonds. The smallest absolute Gasteiger partial charge is 0.319 e. The summed E-state index contributed by atoms with van der Waals surface area (Å²) in [6.07, 6.45) is 3.36. The molecule has 0 fully saturated rings. The Bertz CT molecular complexity index is 868. The molecular formula is C18H17N5O2S. The Morgan fingerprint density at radius 1 is 1.00 bits per heavy atom. The van der Waals surface area contributed by atoms with Crippen LogP contribution in [0.5, 0.6) is 0 Å². The summed E-state index contributed by atoms with van der Waals surface area (Å²) in [4.78, 5) is 31.8. The van der Waals surface area contributed by atoms with Gasteiger partial charge in [-0.3, -0.25) is 9.78 Å². The van der Waals surface area contributed by atoms with Crippen LogP contribution in [0.3, 0.4) is 0 Å². The summed E-state index contributed by atoms with van der Waals surface area (Å²) in [5.41, 5.74) is 4.51. The Morgan fingerprint density at radius 3 is 2.58 bits per heavy atom. The molecule has 1 aromatic carbocycles. The summed E-state index contributed by atoms with van der Waals surface area (Å²) in [5.74, 6) is -0.222. The van der Waals surface area contributed by atoms with Crippen molar-refractivity contribution < 1.29 is 9.59 Å². The summed E-state index contributed by atoms with van der Waals surface area (Å²) < 4.78 is 0. The van der Waals surface area contributed by atoms with Crippen molar-refractivity contribution in [2.75, 3.05) is 5.32 Å². The van der Waals surface area contributed by atoms with E-state index in [1.807, 2.05) is 30.3 Å². The summed E-state index contributed by atoms with van der Waals surface area (Å²) in [6, 6.07) is 10.7. The molecule has 2 aromatic heterocycles. The van der Waals surface area contributed by atoms with Crippen LogP contribution in [0.1, 0.15) is 21.6 Å². The monoisotopic (exact) mass is 367 g/mol. The summed E-state index contributed by atoms with van der Waals surface area (Å²) >= 11 is 1.37. The molecule has 0 saturated heterocycles. The van der Waals surface area contributed by atoms with Gasteiger partial charge in [-0.25, -0.2) is 9.78 Å². The lowest BCUT2D eigenvalue weighted by Crippen LogP contribution is -2.28. The van der Waals surface area contributed by atoms with Crippen molar-refractivity contribution in [3.63, 3.8) is 0 Å². The number of anilines is 1. The molecule has 0 aliphatic rings. The highest BCUT2D eigenvalue weighted by atomic mass is 32.1. The molecule has 3 aromatic rings. The van der Waals surface area contributed by atoms with E-state index in [9.17, 15) is 9.59 Å². The average molecular weight is 367 g/mol. The van der Waals surface area contributed by atoms with E-state index in [0.717, 1.165) is 11.1 Å². The van der Waals surface area contributed by atoms with Crippen molar-refractivity contribution in [2.45, 2.75) is 13.1 Å². The van der Waals surface area contributed by atoms with Crippen LogP contribution in [-0.2, 0) is 13.1 Å². The standard InChI is InChI=1S/C18H17N5O2S/c24-17(16-11-26-12-22-16)20-10-14-2-1-3-15(8-14)23-18(25)21-9-13-4-6-19-7-5-13/h1-8,11-12H,9-10H2,(H,20,24)(H2,21,23,25). The first-order valence-electron chi connectivity index (χ1n) is 7.90. The molecule has 0 atom stereocenters. The van der Waals surface area contributed by atoms with Crippen LogP contribution in [0.4, 0.5) is 10.5 Å². The molecule has 8 heteroatoms. The number of nitrogens with zero attached hydrogens (tertiary/aromatic N) is 2. The first-order chi connectivity index (χ1) is 12.7. The molecular weight excluding hydrogens is 350 g/mol. The number of carbonyl (C=O) groups is 2. The van der Waals surface area contributed by atoms with Crippen LogP contribution in [0, 0.1) is 0 Å². The van der Waals surface area contributed by atoms with Crippen molar-refractivity contribution in [3.05, 3.63) is 76.5 Å². The number of hydrogen-bond acceptors (Lipinski definition) is 5. The van der Waals surface area contributed by atoms with E-state index >= 15 is 0 Å². The first kappa shape index (κ1) is 17.6. The predicted octanol–water partition coefficient (Wildman–Crippen LogP) is 2.79. The Labute approximate surface area is 154 Å². The van der Waals surface area contributed by atoms with Gasteiger partial charge in [0, 0.05) is 36.6 Å². The van der Waals surface area contributed by atoms with Crippen molar-refractivity contribution in [1.82, 2.24) is 20.6 Å². The average Bonchev–Trinajstić information content (AvgIpc) is 3.20. The van der Waals surface area contributed by atoms with Gasteiger partial charge in [0.1, 0.15) is 5.69 Å². The van der Waals surface area contributed by atoms with E-state index in [-0.39, 0.29) is 11.9 Å². The lowest BCUT2D eigenvalue weighted by atomic mass is 10.2. The number of carbonyl (C=O) groups excluding carboxylic acids is 2. The number of urea groups is 1. The molecule has 26 heavy (non-hydrogen) atoms. The van der Waals surface area contributed by atoms with Crippen molar-refractivity contribution >= 4 is 29.0 Å². The fourth-order valence-electron chi connectivity index (χ4n) is 2.21. The number of pyridine rings is 1. The molecule has 0 saturated carbocycles. The lowest BCUT2D eigenvalue weighted by Gasteiger charge is -2.09. The first-order valence-corrected chi connectivity index (χ1v) is 8.84. The van der Waals surface area contributed by atoms with Crippen molar-refractivity contribution in [2.24, 2.45) is 0 Å². The fourth-order valence-corrected chi connectivity index (χ4v) is 2.75. The Kier molecular flexibility index (Phi) is 5.89. The normalized spacial score (nSPS) is 10.2. The number of hydrogen-bond donors (Lipinski definition) is 3. The van der Waals surface area contributed by atoms with Crippen LogP contribution >= 0.6 is 11.3 Å². The maximum Gasteiger partial charge on any atom is 0.319 e. The molecule has 0 aliphatic carbocycles.